The average Bonchev–Trinajstić information content (AvgIpc) is 1.69. The number of unbranched alkanes of at least 4 members (excludes halogenated alkanes) is 2. The Morgan fingerprint density at radius 2 is 2.43 bits per heavy atom. The summed E-state index contributed by atoms with van der Waals surface area (Å²) in [6.07, 6.45) is 2.87. The Balaban J connectivity index is 2.83. The molecule has 0 aromatic rings. The maximum atomic E-state index is 9.65. The number of hydrogen-bond acceptors (Lipinski definition) is 1. The third kappa shape index (κ3) is 5.89. The van der Waals surface area contributed by atoms with Crippen molar-refractivity contribution < 1.29 is 4.21 Å². The smallest absolute Gasteiger partial charge is 0.0841 e. The molecule has 0 N–H and O–H groups in total. The molecular weight excluding hydrogens is 108 g/mol. The zero-order chi connectivity index (χ0) is 5.54. The van der Waals surface area contributed by atoms with Crippen molar-refractivity contribution in [2.45, 2.75) is 19.3 Å². The molecule has 0 aliphatic carbocycles. The predicted octanol–water partition coefficient (Wildman–Crippen LogP) is 1.01. The maximum absolute atomic E-state index is 9.65. The van der Waals surface area contributed by atoms with Gasteiger partial charge >= 0.3 is 0 Å². The first-order chi connectivity index (χ1) is 3.41. The summed E-state index contributed by atoms with van der Waals surface area (Å²) >= 11 is 0.539. The molecule has 1 radical (unpaired) electrons. The van der Waals surface area contributed by atoms with Gasteiger partial charge in [0.15, 0.2) is 0 Å². The van der Waals surface area contributed by atoms with E-state index in [0.717, 1.165) is 19.3 Å². The molecule has 0 saturated heterocycles. The third-order valence-electron chi connectivity index (χ3n) is 0.640. The Bertz CT molecular complexity index is 74.1. The lowest BCUT2D eigenvalue weighted by molar-refractivity contribution is 0.701. The predicted molar refractivity (Wildman–Crippen MR) is 33.4 cm³/mol. The maximum Gasteiger partial charge on any atom is 0.0841 e. The van der Waals surface area contributed by atoms with E-state index < -0.39 is 0 Å². The molecule has 0 unspecified atom stereocenters. The van der Waals surface area contributed by atoms with Gasteiger partial charge in [-0.25, -0.2) is 4.21 Å². The van der Waals surface area contributed by atoms with Gasteiger partial charge in [-0.3, -0.25) is 0 Å². The van der Waals surface area contributed by atoms with Gasteiger partial charge in [-0.2, -0.15) is 0 Å². The van der Waals surface area contributed by atoms with Crippen LogP contribution in [-0.2, 0) is 11.3 Å². The summed E-state index contributed by atoms with van der Waals surface area (Å²) in [7, 11) is 0. The number of hydrogen-bond donors (Lipinski definition) is 0. The van der Waals surface area contributed by atoms with Crippen molar-refractivity contribution in [3.8, 4) is 0 Å². The minimum Gasteiger partial charge on any atom is -0.213 e. The first kappa shape index (κ1) is 6.89. The quantitative estimate of drug-likeness (QED) is 0.398. The Morgan fingerprint density at radius 1 is 1.71 bits per heavy atom. The van der Waals surface area contributed by atoms with Crippen molar-refractivity contribution in [1.82, 2.24) is 0 Å². The highest BCUT2D eigenvalue weighted by molar-refractivity contribution is 7.64. The van der Waals surface area contributed by atoms with Crippen LogP contribution in [0, 0.1) is 6.92 Å². The largest absolute Gasteiger partial charge is 0.213 e. The van der Waals surface area contributed by atoms with Crippen LogP contribution in [0.15, 0.2) is 0 Å². The summed E-state index contributed by atoms with van der Waals surface area (Å²) in [4.78, 5) is 0. The molecule has 0 aromatic carbocycles. The second-order valence-corrected chi connectivity index (χ2v) is 1.78. The Morgan fingerprint density at radius 3 is 2.86 bits per heavy atom. The topological polar surface area (TPSA) is 17.1 Å². The van der Waals surface area contributed by atoms with Crippen LogP contribution < -0.4 is 0 Å². The fourth-order valence-electron chi connectivity index (χ4n) is 0.276. The summed E-state index contributed by atoms with van der Waals surface area (Å²) in [5.41, 5.74) is 0. The molecule has 0 atom stereocenters. The lowest BCUT2D eigenvalue weighted by Crippen LogP contribution is -1.71. The highest BCUT2D eigenvalue weighted by Gasteiger charge is 1.74. The molecule has 0 aliphatic heterocycles. The van der Waals surface area contributed by atoms with E-state index in [1.54, 1.807) is 5.37 Å². The van der Waals surface area contributed by atoms with E-state index in [1.165, 1.54) is 0 Å². The SMILES string of the molecule is [CH2]CCCC=S=O. The minimum absolute atomic E-state index is 0.539. The molecule has 0 rings (SSSR count). The second kappa shape index (κ2) is 5.89. The van der Waals surface area contributed by atoms with Crippen LogP contribution in [0.1, 0.15) is 19.3 Å². The van der Waals surface area contributed by atoms with E-state index in [0.29, 0.717) is 11.3 Å². The van der Waals surface area contributed by atoms with Crippen LogP contribution >= 0.6 is 0 Å². The van der Waals surface area contributed by atoms with Crippen molar-refractivity contribution in [1.29, 1.82) is 0 Å². The fraction of sp³-hybridized carbons (Fsp3) is 0.600. The second-order valence-electron chi connectivity index (χ2n) is 1.26. The van der Waals surface area contributed by atoms with Gasteiger partial charge in [-0.1, -0.05) is 13.3 Å². The molecule has 1 nitrogen and oxygen atoms in total. The molecule has 0 heterocycles. The van der Waals surface area contributed by atoms with Crippen molar-refractivity contribution in [2.24, 2.45) is 0 Å². The van der Waals surface area contributed by atoms with Crippen molar-refractivity contribution >= 4 is 16.6 Å². The first-order valence-corrected chi connectivity index (χ1v) is 3.12. The van der Waals surface area contributed by atoms with Crippen LogP contribution in [0.4, 0.5) is 0 Å². The van der Waals surface area contributed by atoms with Gasteiger partial charge in [0.1, 0.15) is 0 Å². The molecule has 0 aliphatic rings. The lowest BCUT2D eigenvalue weighted by Gasteiger charge is -1.80. The monoisotopic (exact) mass is 117 g/mol. The van der Waals surface area contributed by atoms with Crippen molar-refractivity contribution in [3.63, 3.8) is 0 Å². The molecule has 0 amide bonds. The first-order valence-electron chi connectivity index (χ1n) is 2.31. The van der Waals surface area contributed by atoms with Gasteiger partial charge in [-0.15, -0.1) is 0 Å². The molecular formula is C5H9OS. The van der Waals surface area contributed by atoms with Gasteiger partial charge in [-0.05, 0) is 12.8 Å². The molecule has 0 bridgehead atoms. The van der Waals surface area contributed by atoms with E-state index >= 15 is 0 Å². The molecule has 7 heavy (non-hydrogen) atoms. The molecule has 0 fully saturated rings. The molecule has 0 spiro atoms. The summed E-state index contributed by atoms with van der Waals surface area (Å²) in [6.45, 7) is 3.63. The van der Waals surface area contributed by atoms with Gasteiger partial charge in [0.05, 0.1) is 11.3 Å². The summed E-state index contributed by atoms with van der Waals surface area (Å²) in [6, 6.07) is 0. The summed E-state index contributed by atoms with van der Waals surface area (Å²) in [5.74, 6) is 0. The highest BCUT2D eigenvalue weighted by Crippen LogP contribution is 1.86. The van der Waals surface area contributed by atoms with Gasteiger partial charge < -0.3 is 0 Å². The standard InChI is InChI=1S/C5H9OS/c1-2-3-4-5-7-6/h5H,1-4H2. The Hall–Kier alpha value is -0.110. The van der Waals surface area contributed by atoms with Crippen LogP contribution in [0.25, 0.3) is 0 Å². The Kier molecular flexibility index (Phi) is 5.80. The van der Waals surface area contributed by atoms with Crippen LogP contribution in [0.2, 0.25) is 0 Å². The minimum atomic E-state index is 0.539. The fourth-order valence-corrected chi connectivity index (χ4v) is 0.539. The van der Waals surface area contributed by atoms with Crippen molar-refractivity contribution in [3.05, 3.63) is 6.92 Å². The highest BCUT2D eigenvalue weighted by atomic mass is 32.1. The van der Waals surface area contributed by atoms with Gasteiger partial charge in [0.25, 0.3) is 0 Å². The molecule has 0 aromatic heterocycles. The average molecular weight is 117 g/mol. The molecule has 2 heteroatoms. The third-order valence-corrected chi connectivity index (χ3v) is 1.01. The van der Waals surface area contributed by atoms with E-state index in [2.05, 4.69) is 6.92 Å². The summed E-state index contributed by atoms with van der Waals surface area (Å²) in [5, 5.41) is 1.66. The van der Waals surface area contributed by atoms with Crippen LogP contribution in [-0.4, -0.2) is 9.58 Å². The van der Waals surface area contributed by atoms with E-state index in [1.807, 2.05) is 0 Å². The van der Waals surface area contributed by atoms with Gasteiger partial charge in [0, 0.05) is 5.37 Å². The van der Waals surface area contributed by atoms with E-state index in [-0.39, 0.29) is 0 Å². The zero-order valence-corrected chi connectivity index (χ0v) is 5.04. The Labute approximate surface area is 47.8 Å². The van der Waals surface area contributed by atoms with E-state index in [4.69, 9.17) is 0 Å². The number of rotatable bonds is 3. The van der Waals surface area contributed by atoms with Crippen LogP contribution in [0.3, 0.4) is 0 Å². The molecule has 41 valence electrons. The normalized spacial score (nSPS) is 8.14. The zero-order valence-electron chi connectivity index (χ0n) is 4.22. The van der Waals surface area contributed by atoms with Gasteiger partial charge in [0.2, 0.25) is 0 Å². The van der Waals surface area contributed by atoms with Crippen molar-refractivity contribution in [2.75, 3.05) is 0 Å². The van der Waals surface area contributed by atoms with E-state index in [9.17, 15) is 4.21 Å². The van der Waals surface area contributed by atoms with Crippen LogP contribution in [0.5, 0.6) is 0 Å². The summed E-state index contributed by atoms with van der Waals surface area (Å²) < 4.78 is 9.65. The lowest BCUT2D eigenvalue weighted by atomic mass is 10.3. The molecule has 0 saturated carbocycles.